The number of rotatable bonds is 4. The van der Waals surface area contributed by atoms with E-state index in [0.717, 1.165) is 21.1 Å². The van der Waals surface area contributed by atoms with Crippen LogP contribution in [0.1, 0.15) is 5.56 Å². The Morgan fingerprint density at radius 1 is 1.22 bits per heavy atom. The van der Waals surface area contributed by atoms with Gasteiger partial charge < -0.3 is 15.6 Å². The molecule has 0 spiro atoms. The van der Waals surface area contributed by atoms with Gasteiger partial charge in [0.05, 0.1) is 13.7 Å². The molecule has 0 unspecified atom stereocenters. The van der Waals surface area contributed by atoms with Gasteiger partial charge in [0.2, 0.25) is 0 Å². The molecule has 2 aromatic carbocycles. The summed E-state index contributed by atoms with van der Waals surface area (Å²) in [5.74, 6) is 0.820. The first-order chi connectivity index (χ1) is 8.72. The Kier molecular flexibility index (Phi) is 4.12. The summed E-state index contributed by atoms with van der Waals surface area (Å²) in [5.41, 5.74) is 7.20. The van der Waals surface area contributed by atoms with E-state index >= 15 is 0 Å². The van der Waals surface area contributed by atoms with Gasteiger partial charge in [0, 0.05) is 15.5 Å². The topological polar surface area (TPSA) is 55.5 Å². The number of aliphatic hydroxyl groups excluding tert-OH is 1. The Hall–Kier alpha value is -1.65. The summed E-state index contributed by atoms with van der Waals surface area (Å²) in [7, 11) is 1.64. The Morgan fingerprint density at radius 2 is 2.06 bits per heavy atom. The third-order valence-electron chi connectivity index (χ3n) is 2.52. The molecule has 0 heterocycles. The maximum atomic E-state index is 9.33. The third kappa shape index (κ3) is 2.97. The first-order valence-corrected chi connectivity index (χ1v) is 6.35. The summed E-state index contributed by atoms with van der Waals surface area (Å²) in [4.78, 5) is 2.06. The first-order valence-electron chi connectivity index (χ1n) is 5.54. The van der Waals surface area contributed by atoms with Crippen molar-refractivity contribution in [2.75, 3.05) is 12.8 Å². The zero-order chi connectivity index (χ0) is 13.0. The van der Waals surface area contributed by atoms with Crippen molar-refractivity contribution in [1.29, 1.82) is 0 Å². The van der Waals surface area contributed by atoms with Gasteiger partial charge in [-0.2, -0.15) is 0 Å². The molecule has 18 heavy (non-hydrogen) atoms. The fourth-order valence-corrected chi connectivity index (χ4v) is 2.58. The molecule has 2 aromatic rings. The summed E-state index contributed by atoms with van der Waals surface area (Å²) in [6.07, 6.45) is 0. The van der Waals surface area contributed by atoms with Crippen molar-refractivity contribution < 1.29 is 9.84 Å². The van der Waals surface area contributed by atoms with Crippen molar-refractivity contribution in [3.8, 4) is 5.75 Å². The van der Waals surface area contributed by atoms with Crippen molar-refractivity contribution in [2.24, 2.45) is 0 Å². The lowest BCUT2D eigenvalue weighted by molar-refractivity contribution is 0.279. The number of anilines is 1. The van der Waals surface area contributed by atoms with E-state index in [4.69, 9.17) is 10.5 Å². The Balaban J connectivity index is 2.27. The molecule has 0 aliphatic carbocycles. The van der Waals surface area contributed by atoms with Crippen LogP contribution in [0.3, 0.4) is 0 Å². The number of nitrogen functional groups attached to an aromatic ring is 1. The van der Waals surface area contributed by atoms with Gasteiger partial charge >= 0.3 is 0 Å². The number of benzene rings is 2. The molecule has 0 atom stereocenters. The highest BCUT2D eigenvalue weighted by Crippen LogP contribution is 2.33. The summed E-state index contributed by atoms with van der Waals surface area (Å²) < 4.78 is 5.19. The first kappa shape index (κ1) is 12.8. The zero-order valence-electron chi connectivity index (χ0n) is 10.1. The number of ether oxygens (including phenoxy) is 1. The predicted octanol–water partition coefficient (Wildman–Crippen LogP) is 2.92. The summed E-state index contributed by atoms with van der Waals surface area (Å²) in [6, 6.07) is 13.4. The Bertz CT molecular complexity index is 543. The lowest BCUT2D eigenvalue weighted by Gasteiger charge is -2.09. The van der Waals surface area contributed by atoms with Gasteiger partial charge in [0.25, 0.3) is 0 Å². The quantitative estimate of drug-likeness (QED) is 0.831. The molecular formula is C14H15NO2S. The maximum absolute atomic E-state index is 9.33. The van der Waals surface area contributed by atoms with Gasteiger partial charge in [-0.15, -0.1) is 0 Å². The van der Waals surface area contributed by atoms with Crippen molar-refractivity contribution in [3.63, 3.8) is 0 Å². The lowest BCUT2D eigenvalue weighted by atomic mass is 10.2. The van der Waals surface area contributed by atoms with Crippen molar-refractivity contribution in [2.45, 2.75) is 16.4 Å². The van der Waals surface area contributed by atoms with E-state index in [1.54, 1.807) is 24.9 Å². The number of hydrogen-bond acceptors (Lipinski definition) is 4. The Labute approximate surface area is 111 Å². The maximum Gasteiger partial charge on any atom is 0.119 e. The minimum atomic E-state index is -0.0165. The second-order valence-electron chi connectivity index (χ2n) is 3.81. The molecule has 0 saturated heterocycles. The molecular weight excluding hydrogens is 246 g/mol. The van der Waals surface area contributed by atoms with Crippen LogP contribution in [-0.2, 0) is 6.61 Å². The van der Waals surface area contributed by atoms with E-state index in [1.165, 1.54) is 0 Å². The SMILES string of the molecule is COc1cccc(Sc2ccc(N)cc2CO)c1. The molecule has 0 aliphatic heterocycles. The molecule has 94 valence electrons. The number of hydrogen-bond donors (Lipinski definition) is 2. The summed E-state index contributed by atoms with van der Waals surface area (Å²) >= 11 is 1.58. The van der Waals surface area contributed by atoms with E-state index in [-0.39, 0.29) is 6.61 Å². The van der Waals surface area contributed by atoms with Crippen LogP contribution >= 0.6 is 11.8 Å². The molecule has 0 saturated carbocycles. The van der Waals surface area contributed by atoms with Gasteiger partial charge in [-0.3, -0.25) is 0 Å². The van der Waals surface area contributed by atoms with Crippen LogP contribution in [0.15, 0.2) is 52.3 Å². The normalized spacial score (nSPS) is 10.3. The summed E-state index contributed by atoms with van der Waals surface area (Å²) in [5, 5.41) is 9.33. The summed E-state index contributed by atoms with van der Waals surface area (Å²) in [6.45, 7) is -0.0165. The fourth-order valence-electron chi connectivity index (χ4n) is 1.61. The van der Waals surface area contributed by atoms with Crippen LogP contribution in [0, 0.1) is 0 Å². The third-order valence-corrected chi connectivity index (χ3v) is 3.63. The van der Waals surface area contributed by atoms with E-state index in [0.29, 0.717) is 5.69 Å². The molecule has 0 aromatic heterocycles. The van der Waals surface area contributed by atoms with Crippen LogP contribution in [0.2, 0.25) is 0 Å². The molecule has 2 rings (SSSR count). The molecule has 0 fully saturated rings. The van der Waals surface area contributed by atoms with Gasteiger partial charge in [0.15, 0.2) is 0 Å². The molecule has 0 amide bonds. The van der Waals surface area contributed by atoms with Crippen molar-refractivity contribution >= 4 is 17.4 Å². The molecule has 4 heteroatoms. The van der Waals surface area contributed by atoms with Gasteiger partial charge in [-0.25, -0.2) is 0 Å². The van der Waals surface area contributed by atoms with Gasteiger partial charge in [-0.1, -0.05) is 17.8 Å². The highest BCUT2D eigenvalue weighted by molar-refractivity contribution is 7.99. The van der Waals surface area contributed by atoms with E-state index in [9.17, 15) is 5.11 Å². The minimum Gasteiger partial charge on any atom is -0.497 e. The predicted molar refractivity (Wildman–Crippen MR) is 73.9 cm³/mol. The van der Waals surface area contributed by atoms with Crippen LogP contribution in [-0.4, -0.2) is 12.2 Å². The van der Waals surface area contributed by atoms with Crippen molar-refractivity contribution in [1.82, 2.24) is 0 Å². The minimum absolute atomic E-state index is 0.0165. The average molecular weight is 261 g/mol. The fraction of sp³-hybridized carbons (Fsp3) is 0.143. The Morgan fingerprint density at radius 3 is 2.78 bits per heavy atom. The molecule has 3 N–H and O–H groups in total. The average Bonchev–Trinajstić information content (AvgIpc) is 2.41. The monoisotopic (exact) mass is 261 g/mol. The standard InChI is InChI=1S/C14H15NO2S/c1-17-12-3-2-4-13(8-12)18-14-6-5-11(15)7-10(14)9-16/h2-8,16H,9,15H2,1H3. The zero-order valence-corrected chi connectivity index (χ0v) is 10.9. The molecule has 0 bridgehead atoms. The number of aliphatic hydroxyl groups is 1. The highest BCUT2D eigenvalue weighted by atomic mass is 32.2. The molecule has 0 aliphatic rings. The second kappa shape index (κ2) is 5.80. The highest BCUT2D eigenvalue weighted by Gasteiger charge is 2.05. The molecule has 0 radical (unpaired) electrons. The smallest absolute Gasteiger partial charge is 0.119 e. The largest absolute Gasteiger partial charge is 0.497 e. The van der Waals surface area contributed by atoms with Crippen LogP contribution in [0.25, 0.3) is 0 Å². The van der Waals surface area contributed by atoms with Gasteiger partial charge in [-0.05, 0) is 42.0 Å². The molecule has 3 nitrogen and oxygen atoms in total. The van der Waals surface area contributed by atoms with Crippen LogP contribution < -0.4 is 10.5 Å². The van der Waals surface area contributed by atoms with E-state index in [2.05, 4.69) is 0 Å². The van der Waals surface area contributed by atoms with E-state index in [1.807, 2.05) is 36.4 Å². The lowest BCUT2D eigenvalue weighted by Crippen LogP contribution is -1.92. The van der Waals surface area contributed by atoms with E-state index < -0.39 is 0 Å². The number of nitrogens with two attached hydrogens (primary N) is 1. The van der Waals surface area contributed by atoms with Gasteiger partial charge in [0.1, 0.15) is 5.75 Å². The second-order valence-corrected chi connectivity index (χ2v) is 4.92. The van der Waals surface area contributed by atoms with Crippen LogP contribution in [0.5, 0.6) is 5.75 Å². The van der Waals surface area contributed by atoms with Crippen molar-refractivity contribution in [3.05, 3.63) is 48.0 Å². The number of methoxy groups -OCH3 is 1. The van der Waals surface area contributed by atoms with Crippen LogP contribution in [0.4, 0.5) is 5.69 Å².